The monoisotopic (exact) mass is 328 g/mol. The van der Waals surface area contributed by atoms with E-state index in [1.807, 2.05) is 18.2 Å². The van der Waals surface area contributed by atoms with Crippen LogP contribution in [0.15, 0.2) is 24.3 Å². The summed E-state index contributed by atoms with van der Waals surface area (Å²) in [5.74, 6) is 2.65. The predicted molar refractivity (Wildman–Crippen MR) is 93.0 cm³/mol. The van der Waals surface area contributed by atoms with Crippen LogP contribution in [-0.4, -0.2) is 18.2 Å². The number of carbonyl (C=O) groups is 1. The van der Waals surface area contributed by atoms with Crippen molar-refractivity contribution in [2.45, 2.75) is 70.5 Å². The van der Waals surface area contributed by atoms with Crippen molar-refractivity contribution in [3.05, 3.63) is 29.8 Å². The van der Waals surface area contributed by atoms with Crippen molar-refractivity contribution in [1.82, 2.24) is 0 Å². The molecule has 4 rings (SSSR count). The Balaban J connectivity index is 1.38. The molecule has 1 aliphatic heterocycles. The molecule has 6 atom stereocenters. The molecule has 3 fully saturated rings. The first-order chi connectivity index (χ1) is 11.6. The third-order valence-corrected chi connectivity index (χ3v) is 6.49. The van der Waals surface area contributed by atoms with E-state index in [1.54, 1.807) is 0 Å². The van der Waals surface area contributed by atoms with E-state index in [4.69, 9.17) is 9.47 Å². The largest absolute Gasteiger partial charge is 0.426 e. The molecule has 0 aromatic heterocycles. The summed E-state index contributed by atoms with van der Waals surface area (Å²) in [5.41, 5.74) is 1.25. The number of hydrogen-bond donors (Lipinski definition) is 0. The highest BCUT2D eigenvalue weighted by atomic mass is 16.6. The lowest BCUT2D eigenvalue weighted by Crippen LogP contribution is -2.35. The molecular weight excluding hydrogens is 300 g/mol. The molecule has 3 heteroatoms. The molecule has 2 saturated carbocycles. The van der Waals surface area contributed by atoms with Crippen molar-refractivity contribution in [3.63, 3.8) is 0 Å². The van der Waals surface area contributed by atoms with Gasteiger partial charge < -0.3 is 9.47 Å². The van der Waals surface area contributed by atoms with Crippen molar-refractivity contribution < 1.29 is 14.3 Å². The van der Waals surface area contributed by atoms with Gasteiger partial charge in [-0.3, -0.25) is 4.79 Å². The lowest BCUT2D eigenvalue weighted by Gasteiger charge is -2.36. The molecule has 0 amide bonds. The first-order valence-corrected chi connectivity index (χ1v) is 9.61. The maximum Gasteiger partial charge on any atom is 0.314 e. The zero-order chi connectivity index (χ0) is 16.7. The van der Waals surface area contributed by atoms with Crippen LogP contribution >= 0.6 is 0 Å². The summed E-state index contributed by atoms with van der Waals surface area (Å²) in [5, 5.41) is 0. The summed E-state index contributed by atoms with van der Waals surface area (Å²) in [7, 11) is 0. The van der Waals surface area contributed by atoms with E-state index in [-0.39, 0.29) is 11.9 Å². The van der Waals surface area contributed by atoms with E-state index >= 15 is 0 Å². The van der Waals surface area contributed by atoms with Crippen LogP contribution in [0.5, 0.6) is 5.75 Å². The van der Waals surface area contributed by atoms with Crippen molar-refractivity contribution in [2.24, 2.45) is 17.8 Å². The van der Waals surface area contributed by atoms with Crippen molar-refractivity contribution in [1.29, 1.82) is 0 Å². The van der Waals surface area contributed by atoms with Gasteiger partial charge in [-0.1, -0.05) is 26.0 Å². The first kappa shape index (κ1) is 16.1. The van der Waals surface area contributed by atoms with Gasteiger partial charge in [0.1, 0.15) is 5.75 Å². The summed E-state index contributed by atoms with van der Waals surface area (Å²) >= 11 is 0. The van der Waals surface area contributed by atoms with Gasteiger partial charge in [-0.2, -0.15) is 0 Å². The lowest BCUT2D eigenvalue weighted by atomic mass is 9.67. The first-order valence-electron chi connectivity index (χ1n) is 9.61. The third kappa shape index (κ3) is 3.23. The number of fused-ring (bicyclic) bond motifs is 2. The van der Waals surface area contributed by atoms with Crippen LogP contribution in [0.2, 0.25) is 0 Å². The minimum absolute atomic E-state index is 0.0337. The SMILES string of the molecule is CCC(C)c1cccc(OC(=O)C2CCC3CC4OC4CC3C2)c1. The molecule has 0 N–H and O–H groups in total. The molecule has 24 heavy (non-hydrogen) atoms. The summed E-state index contributed by atoms with van der Waals surface area (Å²) < 4.78 is 11.4. The van der Waals surface area contributed by atoms with E-state index in [9.17, 15) is 4.79 Å². The maximum atomic E-state index is 12.6. The minimum atomic E-state index is -0.0337. The molecule has 0 spiro atoms. The molecule has 0 radical (unpaired) electrons. The standard InChI is InChI=1S/C21H28O3/c1-3-13(2)14-5-4-6-18(10-14)23-21(22)16-8-7-15-11-19-20(24-19)12-17(15)9-16/h4-6,10,13,15-17,19-20H,3,7-9,11-12H2,1-2H3. The van der Waals surface area contributed by atoms with E-state index in [0.29, 0.717) is 29.8 Å². The molecule has 1 aromatic rings. The van der Waals surface area contributed by atoms with Crippen LogP contribution < -0.4 is 4.74 Å². The summed E-state index contributed by atoms with van der Waals surface area (Å²) in [4.78, 5) is 12.6. The van der Waals surface area contributed by atoms with Crippen LogP contribution in [0.25, 0.3) is 0 Å². The Morgan fingerprint density at radius 2 is 2.00 bits per heavy atom. The Hall–Kier alpha value is -1.35. The van der Waals surface area contributed by atoms with Crippen molar-refractivity contribution >= 4 is 5.97 Å². The van der Waals surface area contributed by atoms with Gasteiger partial charge in [0.05, 0.1) is 18.1 Å². The van der Waals surface area contributed by atoms with E-state index in [0.717, 1.165) is 38.0 Å². The highest BCUT2D eigenvalue weighted by Gasteiger charge is 2.50. The molecule has 1 heterocycles. The average Bonchev–Trinajstić information content (AvgIpc) is 3.36. The number of benzene rings is 1. The fourth-order valence-corrected chi connectivity index (χ4v) is 4.65. The smallest absolute Gasteiger partial charge is 0.314 e. The molecule has 3 aliphatic rings. The molecule has 0 bridgehead atoms. The number of carbonyl (C=O) groups excluding carboxylic acids is 1. The molecular formula is C21H28O3. The van der Waals surface area contributed by atoms with Crippen LogP contribution in [0.3, 0.4) is 0 Å². The van der Waals surface area contributed by atoms with Crippen LogP contribution in [0, 0.1) is 17.8 Å². The quantitative estimate of drug-likeness (QED) is 0.457. The van der Waals surface area contributed by atoms with Gasteiger partial charge in [0, 0.05) is 0 Å². The molecule has 6 unspecified atom stereocenters. The van der Waals surface area contributed by atoms with Gasteiger partial charge in [0.15, 0.2) is 0 Å². The number of esters is 1. The molecule has 2 aliphatic carbocycles. The maximum absolute atomic E-state index is 12.6. The van der Waals surface area contributed by atoms with Crippen molar-refractivity contribution in [2.75, 3.05) is 0 Å². The highest BCUT2D eigenvalue weighted by molar-refractivity contribution is 5.75. The summed E-state index contributed by atoms with van der Waals surface area (Å²) in [6.45, 7) is 4.39. The van der Waals surface area contributed by atoms with Gasteiger partial charge in [0.2, 0.25) is 0 Å². The Kier molecular flexibility index (Phi) is 4.38. The predicted octanol–water partition coefficient (Wildman–Crippen LogP) is 4.70. The number of hydrogen-bond acceptors (Lipinski definition) is 3. The summed E-state index contributed by atoms with van der Waals surface area (Å²) in [6, 6.07) is 8.04. The minimum Gasteiger partial charge on any atom is -0.426 e. The van der Waals surface area contributed by atoms with Gasteiger partial charge in [-0.25, -0.2) is 0 Å². The highest BCUT2D eigenvalue weighted by Crippen LogP contribution is 2.49. The number of epoxide rings is 1. The Morgan fingerprint density at radius 3 is 2.79 bits per heavy atom. The van der Waals surface area contributed by atoms with Crippen LogP contribution in [0.1, 0.15) is 63.9 Å². The summed E-state index contributed by atoms with van der Waals surface area (Å²) in [6.07, 6.45) is 7.61. The fourth-order valence-electron chi connectivity index (χ4n) is 4.65. The second-order valence-electron chi connectivity index (χ2n) is 8.02. The molecule has 1 aromatic carbocycles. The topological polar surface area (TPSA) is 38.8 Å². The van der Waals surface area contributed by atoms with E-state index < -0.39 is 0 Å². The second-order valence-corrected chi connectivity index (χ2v) is 8.02. The Labute approximate surface area is 144 Å². The van der Waals surface area contributed by atoms with Gasteiger partial charge in [-0.15, -0.1) is 0 Å². The fraction of sp³-hybridized carbons (Fsp3) is 0.667. The number of rotatable bonds is 4. The van der Waals surface area contributed by atoms with Gasteiger partial charge in [-0.05, 0) is 74.0 Å². The molecule has 130 valence electrons. The van der Waals surface area contributed by atoms with Crippen molar-refractivity contribution in [3.8, 4) is 5.75 Å². The lowest BCUT2D eigenvalue weighted by molar-refractivity contribution is -0.141. The van der Waals surface area contributed by atoms with Gasteiger partial charge >= 0.3 is 5.97 Å². The number of ether oxygens (including phenoxy) is 2. The van der Waals surface area contributed by atoms with Gasteiger partial charge in [0.25, 0.3) is 0 Å². The Morgan fingerprint density at radius 1 is 1.21 bits per heavy atom. The molecule has 3 nitrogen and oxygen atoms in total. The zero-order valence-corrected chi connectivity index (χ0v) is 14.7. The van der Waals surface area contributed by atoms with Crippen LogP contribution in [0.4, 0.5) is 0 Å². The third-order valence-electron chi connectivity index (χ3n) is 6.49. The molecule has 1 saturated heterocycles. The second kappa shape index (κ2) is 6.51. The van der Waals surface area contributed by atoms with E-state index in [2.05, 4.69) is 19.9 Å². The van der Waals surface area contributed by atoms with Crippen LogP contribution in [-0.2, 0) is 9.53 Å². The average molecular weight is 328 g/mol. The normalized spacial score (nSPS) is 35.5. The Bertz CT molecular complexity index is 611. The zero-order valence-electron chi connectivity index (χ0n) is 14.7. The van der Waals surface area contributed by atoms with E-state index in [1.165, 1.54) is 12.0 Å².